The van der Waals surface area contributed by atoms with E-state index in [1.54, 1.807) is 0 Å². The summed E-state index contributed by atoms with van der Waals surface area (Å²) in [6, 6.07) is 0. The van der Waals surface area contributed by atoms with Crippen molar-refractivity contribution in [3.05, 3.63) is 0 Å². The van der Waals surface area contributed by atoms with Crippen molar-refractivity contribution in [2.24, 2.45) is 5.41 Å². The Balaban J connectivity index is 2.58. The largest absolute Gasteiger partial charge is 0.465 e. The van der Waals surface area contributed by atoms with Crippen molar-refractivity contribution in [3.63, 3.8) is 0 Å². The van der Waals surface area contributed by atoms with Crippen LogP contribution in [0.2, 0.25) is 0 Å². The van der Waals surface area contributed by atoms with Crippen molar-refractivity contribution in [1.82, 2.24) is 10.2 Å². The third-order valence-electron chi connectivity index (χ3n) is 4.69. The number of rotatable bonds is 9. The first-order valence-corrected chi connectivity index (χ1v) is 7.58. The van der Waals surface area contributed by atoms with E-state index >= 15 is 0 Å². The summed E-state index contributed by atoms with van der Waals surface area (Å²) < 4.78 is 5.27. The van der Waals surface area contributed by atoms with Gasteiger partial charge in [-0.1, -0.05) is 20.8 Å². The highest BCUT2D eigenvalue weighted by atomic mass is 16.5. The average Bonchev–Trinajstić information content (AvgIpc) is 3.14. The van der Waals surface area contributed by atoms with E-state index in [-0.39, 0.29) is 11.4 Å². The zero-order chi connectivity index (χ0) is 14.5. The van der Waals surface area contributed by atoms with Gasteiger partial charge in [0.25, 0.3) is 0 Å². The second kappa shape index (κ2) is 6.71. The lowest BCUT2D eigenvalue weighted by atomic mass is 9.83. The highest BCUT2D eigenvalue weighted by molar-refractivity contribution is 5.82. The molecule has 0 aromatic carbocycles. The van der Waals surface area contributed by atoms with Crippen LogP contribution in [0.15, 0.2) is 0 Å². The molecule has 0 heterocycles. The van der Waals surface area contributed by atoms with Gasteiger partial charge >= 0.3 is 5.97 Å². The first kappa shape index (κ1) is 16.4. The Morgan fingerprint density at radius 1 is 1.32 bits per heavy atom. The fourth-order valence-corrected chi connectivity index (χ4v) is 2.50. The van der Waals surface area contributed by atoms with Crippen molar-refractivity contribution in [1.29, 1.82) is 0 Å². The molecule has 1 aliphatic carbocycles. The molecule has 1 aliphatic rings. The highest BCUT2D eigenvalue weighted by Crippen LogP contribution is 2.53. The van der Waals surface area contributed by atoms with Crippen LogP contribution in [0.1, 0.15) is 47.5 Å². The molecule has 1 atom stereocenters. The van der Waals surface area contributed by atoms with E-state index in [0.29, 0.717) is 6.61 Å². The van der Waals surface area contributed by atoms with Crippen molar-refractivity contribution in [2.45, 2.75) is 53.0 Å². The second-order valence-corrected chi connectivity index (χ2v) is 5.86. The minimum atomic E-state index is -0.545. The first-order chi connectivity index (χ1) is 8.93. The third kappa shape index (κ3) is 3.69. The summed E-state index contributed by atoms with van der Waals surface area (Å²) in [6.07, 6.45) is 2.20. The molecule has 1 unspecified atom stereocenters. The number of carbonyl (C=O) groups is 1. The number of esters is 1. The molecule has 0 aromatic rings. The maximum Gasteiger partial charge on any atom is 0.326 e. The van der Waals surface area contributed by atoms with Gasteiger partial charge in [0.05, 0.1) is 6.61 Å². The molecule has 19 heavy (non-hydrogen) atoms. The number of hydrogen-bond acceptors (Lipinski definition) is 4. The standard InChI is InChI=1S/C15H30N2O2/c1-6-17(7-2)12-11-16-15(5,13(18)19-8-3)14(4)9-10-14/h16H,6-12H2,1-5H3. The smallest absolute Gasteiger partial charge is 0.326 e. The molecule has 1 fully saturated rings. The molecule has 0 aliphatic heterocycles. The molecule has 0 amide bonds. The van der Waals surface area contributed by atoms with Crippen LogP contribution in [0.5, 0.6) is 0 Å². The van der Waals surface area contributed by atoms with E-state index in [1.807, 2.05) is 13.8 Å². The Bertz CT molecular complexity index is 299. The number of nitrogens with one attached hydrogen (secondary N) is 1. The predicted molar refractivity (Wildman–Crippen MR) is 78.2 cm³/mol. The Hall–Kier alpha value is -0.610. The van der Waals surface area contributed by atoms with Crippen molar-refractivity contribution in [2.75, 3.05) is 32.8 Å². The van der Waals surface area contributed by atoms with Crippen LogP contribution in [0.4, 0.5) is 0 Å². The molecule has 0 bridgehead atoms. The number of carbonyl (C=O) groups excluding carboxylic acids is 1. The van der Waals surface area contributed by atoms with Gasteiger partial charge in [0.15, 0.2) is 0 Å². The lowest BCUT2D eigenvalue weighted by Crippen LogP contribution is -2.57. The van der Waals surface area contributed by atoms with Crippen molar-refractivity contribution < 1.29 is 9.53 Å². The lowest BCUT2D eigenvalue weighted by molar-refractivity contribution is -0.153. The summed E-state index contributed by atoms with van der Waals surface area (Å²) >= 11 is 0. The van der Waals surface area contributed by atoms with Gasteiger partial charge in [-0.25, -0.2) is 0 Å². The van der Waals surface area contributed by atoms with E-state index < -0.39 is 5.54 Å². The summed E-state index contributed by atoms with van der Waals surface area (Å²) in [7, 11) is 0. The van der Waals surface area contributed by atoms with Gasteiger partial charge in [0.1, 0.15) is 5.54 Å². The number of nitrogens with zero attached hydrogens (tertiary/aromatic N) is 1. The molecule has 4 heteroatoms. The van der Waals surface area contributed by atoms with E-state index in [9.17, 15) is 4.79 Å². The summed E-state index contributed by atoms with van der Waals surface area (Å²) in [5.41, 5.74) is -0.487. The first-order valence-electron chi connectivity index (χ1n) is 7.58. The molecule has 0 radical (unpaired) electrons. The Kier molecular flexibility index (Phi) is 5.81. The summed E-state index contributed by atoms with van der Waals surface area (Å²) in [5.74, 6) is -0.102. The van der Waals surface area contributed by atoms with Gasteiger partial charge in [-0.3, -0.25) is 4.79 Å². The molecule has 0 aromatic heterocycles. The van der Waals surface area contributed by atoms with Crippen LogP contribution in [-0.4, -0.2) is 49.2 Å². The number of hydrogen-bond donors (Lipinski definition) is 1. The lowest BCUT2D eigenvalue weighted by Gasteiger charge is -2.35. The summed E-state index contributed by atoms with van der Waals surface area (Å²) in [6.45, 7) is 14.7. The Morgan fingerprint density at radius 3 is 2.32 bits per heavy atom. The predicted octanol–water partition coefficient (Wildman–Crippen LogP) is 2.04. The second-order valence-electron chi connectivity index (χ2n) is 5.86. The summed E-state index contributed by atoms with van der Waals surface area (Å²) in [4.78, 5) is 14.6. The Labute approximate surface area is 117 Å². The van der Waals surface area contributed by atoms with Gasteiger partial charge in [-0.15, -0.1) is 0 Å². The molecule has 0 saturated heterocycles. The molecule has 1 saturated carbocycles. The van der Waals surface area contributed by atoms with E-state index in [1.165, 1.54) is 0 Å². The normalized spacial score (nSPS) is 20.1. The third-order valence-corrected chi connectivity index (χ3v) is 4.69. The quantitative estimate of drug-likeness (QED) is 0.651. The van der Waals surface area contributed by atoms with Crippen LogP contribution in [0.3, 0.4) is 0 Å². The number of ether oxygens (including phenoxy) is 1. The Morgan fingerprint density at radius 2 is 1.89 bits per heavy atom. The van der Waals surface area contributed by atoms with Gasteiger partial charge in [-0.05, 0) is 45.2 Å². The fraction of sp³-hybridized carbons (Fsp3) is 0.933. The maximum atomic E-state index is 12.3. The fourth-order valence-electron chi connectivity index (χ4n) is 2.50. The van der Waals surface area contributed by atoms with Crippen molar-refractivity contribution >= 4 is 5.97 Å². The van der Waals surface area contributed by atoms with Crippen LogP contribution in [0.25, 0.3) is 0 Å². The summed E-state index contributed by atoms with van der Waals surface area (Å²) in [5, 5.41) is 3.47. The molecular formula is C15H30N2O2. The highest BCUT2D eigenvalue weighted by Gasteiger charge is 2.58. The van der Waals surface area contributed by atoms with Crippen LogP contribution >= 0.6 is 0 Å². The van der Waals surface area contributed by atoms with Gasteiger partial charge in [-0.2, -0.15) is 0 Å². The number of likely N-dealkylation sites (N-methyl/N-ethyl adjacent to an activating group) is 1. The molecule has 1 N–H and O–H groups in total. The molecule has 1 rings (SSSR count). The molecule has 4 nitrogen and oxygen atoms in total. The zero-order valence-electron chi connectivity index (χ0n) is 13.2. The van der Waals surface area contributed by atoms with Crippen LogP contribution in [-0.2, 0) is 9.53 Å². The molecule has 0 spiro atoms. The molecule has 112 valence electrons. The van der Waals surface area contributed by atoms with Gasteiger partial charge in [0, 0.05) is 13.1 Å². The zero-order valence-corrected chi connectivity index (χ0v) is 13.2. The van der Waals surface area contributed by atoms with Gasteiger partial charge in [0.2, 0.25) is 0 Å². The van der Waals surface area contributed by atoms with Crippen molar-refractivity contribution in [3.8, 4) is 0 Å². The SMILES string of the molecule is CCOC(=O)C(C)(NCCN(CC)CC)C1(C)CC1. The monoisotopic (exact) mass is 270 g/mol. The minimum absolute atomic E-state index is 0.0580. The van der Waals surface area contributed by atoms with E-state index in [2.05, 4.69) is 31.0 Å². The van der Waals surface area contributed by atoms with E-state index in [0.717, 1.165) is 39.0 Å². The topological polar surface area (TPSA) is 41.6 Å². The minimum Gasteiger partial charge on any atom is -0.465 e. The van der Waals surface area contributed by atoms with Crippen LogP contribution < -0.4 is 5.32 Å². The maximum absolute atomic E-state index is 12.3. The van der Waals surface area contributed by atoms with E-state index in [4.69, 9.17) is 4.74 Å². The van der Waals surface area contributed by atoms with Crippen LogP contribution in [0, 0.1) is 5.41 Å². The molecular weight excluding hydrogens is 240 g/mol. The average molecular weight is 270 g/mol. The van der Waals surface area contributed by atoms with Gasteiger partial charge < -0.3 is 15.0 Å².